The summed E-state index contributed by atoms with van der Waals surface area (Å²) in [7, 11) is 0. The van der Waals surface area contributed by atoms with Gasteiger partial charge < -0.3 is 10.1 Å². The van der Waals surface area contributed by atoms with Gasteiger partial charge in [-0.15, -0.1) is 11.8 Å². The van der Waals surface area contributed by atoms with Crippen molar-refractivity contribution < 1.29 is 9.53 Å². The van der Waals surface area contributed by atoms with Gasteiger partial charge in [0.2, 0.25) is 0 Å². The number of carbonyl (C=O) groups is 1. The minimum atomic E-state index is -0.0701. The Morgan fingerprint density at radius 3 is 2.80 bits per heavy atom. The Kier molecular flexibility index (Phi) is 6.57. The van der Waals surface area contributed by atoms with Gasteiger partial charge in [0.1, 0.15) is 0 Å². The average Bonchev–Trinajstić information content (AvgIpc) is 3.14. The molecule has 3 nitrogen and oxygen atoms in total. The summed E-state index contributed by atoms with van der Waals surface area (Å²) in [6.07, 6.45) is 2.55. The standard InChI is InChI=1S/C20H22BrNO2S/c1-14(16-8-2-4-10-18(16)21)22-20(23)17-9-3-5-11-19(17)25-13-15-7-6-12-24-15/h2-5,8-11,14-15H,6-7,12-13H2,1H3,(H,22,23). The maximum Gasteiger partial charge on any atom is 0.252 e. The van der Waals surface area contributed by atoms with Crippen LogP contribution in [0.1, 0.15) is 41.7 Å². The van der Waals surface area contributed by atoms with Crippen LogP contribution in [0, 0.1) is 0 Å². The summed E-state index contributed by atoms with van der Waals surface area (Å²) in [6.45, 7) is 2.86. The molecule has 0 aromatic heterocycles. The van der Waals surface area contributed by atoms with Gasteiger partial charge in [0.15, 0.2) is 0 Å². The fourth-order valence-corrected chi connectivity index (χ4v) is 4.66. The molecule has 3 rings (SSSR count). The molecule has 2 aromatic rings. The third-order valence-corrected chi connectivity index (χ3v) is 6.23. The molecule has 5 heteroatoms. The van der Waals surface area contributed by atoms with Gasteiger partial charge in [-0.2, -0.15) is 0 Å². The molecule has 2 aromatic carbocycles. The van der Waals surface area contributed by atoms with Crippen molar-refractivity contribution in [3.05, 3.63) is 64.1 Å². The number of hydrogen-bond donors (Lipinski definition) is 1. The Labute approximate surface area is 161 Å². The van der Waals surface area contributed by atoms with Crippen LogP contribution in [0.15, 0.2) is 57.9 Å². The van der Waals surface area contributed by atoms with Gasteiger partial charge in [0, 0.05) is 21.7 Å². The van der Waals surface area contributed by atoms with Gasteiger partial charge in [-0.1, -0.05) is 46.3 Å². The summed E-state index contributed by atoms with van der Waals surface area (Å²) in [5.41, 5.74) is 1.80. The first-order chi connectivity index (χ1) is 12.1. The van der Waals surface area contributed by atoms with Crippen LogP contribution in [0.2, 0.25) is 0 Å². The average molecular weight is 420 g/mol. The van der Waals surface area contributed by atoms with Gasteiger partial charge >= 0.3 is 0 Å². The van der Waals surface area contributed by atoms with Crippen LogP contribution in [0.3, 0.4) is 0 Å². The molecule has 0 radical (unpaired) electrons. The quantitative estimate of drug-likeness (QED) is 0.652. The Balaban J connectivity index is 1.68. The molecule has 2 atom stereocenters. The number of rotatable bonds is 6. The Morgan fingerprint density at radius 2 is 2.04 bits per heavy atom. The van der Waals surface area contributed by atoms with E-state index in [1.165, 1.54) is 0 Å². The minimum Gasteiger partial charge on any atom is -0.377 e. The van der Waals surface area contributed by atoms with E-state index in [9.17, 15) is 4.79 Å². The molecule has 132 valence electrons. The SMILES string of the molecule is CC(NC(=O)c1ccccc1SCC1CCCO1)c1ccccc1Br. The first kappa shape index (κ1) is 18.5. The van der Waals surface area contributed by atoms with E-state index in [2.05, 4.69) is 21.2 Å². The molecule has 0 aliphatic carbocycles. The zero-order valence-corrected chi connectivity index (χ0v) is 16.6. The number of thioether (sulfide) groups is 1. The van der Waals surface area contributed by atoms with Gasteiger partial charge in [-0.25, -0.2) is 0 Å². The maximum absolute atomic E-state index is 12.8. The zero-order chi connectivity index (χ0) is 17.6. The number of ether oxygens (including phenoxy) is 1. The van der Waals surface area contributed by atoms with Crippen molar-refractivity contribution in [1.82, 2.24) is 5.32 Å². The Bertz CT molecular complexity index is 731. The van der Waals surface area contributed by atoms with Crippen LogP contribution in [0.4, 0.5) is 0 Å². The second-order valence-corrected chi connectivity index (χ2v) is 8.08. The summed E-state index contributed by atoms with van der Waals surface area (Å²) >= 11 is 5.25. The number of nitrogens with one attached hydrogen (secondary N) is 1. The lowest BCUT2D eigenvalue weighted by molar-refractivity contribution is 0.0936. The summed E-state index contributed by atoms with van der Waals surface area (Å²) in [5.74, 6) is 0.850. The first-order valence-corrected chi connectivity index (χ1v) is 10.3. The smallest absolute Gasteiger partial charge is 0.252 e. The summed E-state index contributed by atoms with van der Waals surface area (Å²) in [6, 6.07) is 15.7. The summed E-state index contributed by atoms with van der Waals surface area (Å²) in [5, 5.41) is 3.11. The monoisotopic (exact) mass is 419 g/mol. The summed E-state index contributed by atoms with van der Waals surface area (Å²) < 4.78 is 6.69. The lowest BCUT2D eigenvalue weighted by Crippen LogP contribution is -2.27. The Morgan fingerprint density at radius 1 is 1.28 bits per heavy atom. The second-order valence-electron chi connectivity index (χ2n) is 6.16. The van der Waals surface area contributed by atoms with E-state index in [1.807, 2.05) is 55.5 Å². The molecule has 1 heterocycles. The van der Waals surface area contributed by atoms with Crippen molar-refractivity contribution in [3.63, 3.8) is 0 Å². The summed E-state index contributed by atoms with van der Waals surface area (Å²) in [4.78, 5) is 13.8. The molecule has 25 heavy (non-hydrogen) atoms. The van der Waals surface area contributed by atoms with Crippen LogP contribution in [0.5, 0.6) is 0 Å². The van der Waals surface area contributed by atoms with Gasteiger partial charge in [0.05, 0.1) is 17.7 Å². The molecule has 1 N–H and O–H groups in total. The molecule has 0 bridgehead atoms. The van der Waals surface area contributed by atoms with Crippen LogP contribution >= 0.6 is 27.7 Å². The highest BCUT2D eigenvalue weighted by Crippen LogP contribution is 2.28. The number of benzene rings is 2. The number of hydrogen-bond acceptors (Lipinski definition) is 3. The highest BCUT2D eigenvalue weighted by molar-refractivity contribution is 9.10. The van der Waals surface area contributed by atoms with E-state index in [0.717, 1.165) is 45.7 Å². The molecule has 1 saturated heterocycles. The van der Waals surface area contributed by atoms with Gasteiger partial charge in [0.25, 0.3) is 5.91 Å². The number of halogens is 1. The Hall–Kier alpha value is -1.30. The zero-order valence-electron chi connectivity index (χ0n) is 14.2. The maximum atomic E-state index is 12.8. The van der Waals surface area contributed by atoms with Crippen molar-refractivity contribution in [2.45, 2.75) is 36.8 Å². The highest BCUT2D eigenvalue weighted by Gasteiger charge is 2.19. The third-order valence-electron chi connectivity index (χ3n) is 4.30. The molecule has 1 fully saturated rings. The van der Waals surface area contributed by atoms with Crippen LogP contribution in [-0.4, -0.2) is 24.4 Å². The fourth-order valence-electron chi connectivity index (χ4n) is 2.92. The highest BCUT2D eigenvalue weighted by atomic mass is 79.9. The van der Waals surface area contributed by atoms with E-state index in [1.54, 1.807) is 11.8 Å². The van der Waals surface area contributed by atoms with Crippen molar-refractivity contribution in [1.29, 1.82) is 0 Å². The van der Waals surface area contributed by atoms with E-state index in [0.29, 0.717) is 6.10 Å². The van der Waals surface area contributed by atoms with E-state index < -0.39 is 0 Å². The topological polar surface area (TPSA) is 38.3 Å². The molecule has 1 aliphatic rings. The van der Waals surface area contributed by atoms with Crippen molar-refractivity contribution in [3.8, 4) is 0 Å². The normalized spacial score (nSPS) is 18.1. The number of amides is 1. The predicted octanol–water partition coefficient (Wildman–Crippen LogP) is 5.21. The lowest BCUT2D eigenvalue weighted by Gasteiger charge is -2.17. The molecule has 2 unspecified atom stereocenters. The number of carbonyl (C=O) groups excluding carboxylic acids is 1. The van der Waals surface area contributed by atoms with Gasteiger partial charge in [-0.05, 0) is 43.5 Å². The molecule has 0 spiro atoms. The fraction of sp³-hybridized carbons (Fsp3) is 0.350. The van der Waals surface area contributed by atoms with Crippen LogP contribution < -0.4 is 5.32 Å². The van der Waals surface area contributed by atoms with Crippen molar-refractivity contribution in [2.75, 3.05) is 12.4 Å². The molecule has 0 saturated carbocycles. The molecular weight excluding hydrogens is 398 g/mol. The second kappa shape index (κ2) is 8.88. The molecule has 1 amide bonds. The molecular formula is C20H22BrNO2S. The predicted molar refractivity (Wildman–Crippen MR) is 106 cm³/mol. The third kappa shape index (κ3) is 4.87. The largest absolute Gasteiger partial charge is 0.377 e. The van der Waals surface area contributed by atoms with Crippen molar-refractivity contribution >= 4 is 33.6 Å². The van der Waals surface area contributed by atoms with E-state index >= 15 is 0 Å². The first-order valence-electron chi connectivity index (χ1n) is 8.54. The minimum absolute atomic E-state index is 0.0429. The lowest BCUT2D eigenvalue weighted by atomic mass is 10.1. The van der Waals surface area contributed by atoms with Crippen LogP contribution in [0.25, 0.3) is 0 Å². The van der Waals surface area contributed by atoms with Crippen molar-refractivity contribution in [2.24, 2.45) is 0 Å². The van der Waals surface area contributed by atoms with E-state index in [-0.39, 0.29) is 11.9 Å². The van der Waals surface area contributed by atoms with Gasteiger partial charge in [-0.3, -0.25) is 4.79 Å². The molecule has 1 aliphatic heterocycles. The van der Waals surface area contributed by atoms with Crippen LogP contribution in [-0.2, 0) is 4.74 Å². The van der Waals surface area contributed by atoms with E-state index in [4.69, 9.17) is 4.74 Å².